The first kappa shape index (κ1) is 13.1. The van der Waals surface area contributed by atoms with Crippen molar-refractivity contribution < 1.29 is 19.8 Å². The van der Waals surface area contributed by atoms with Gasteiger partial charge in [-0.2, -0.15) is 0 Å². The van der Waals surface area contributed by atoms with Crippen LogP contribution in [-0.2, 0) is 22.6 Å². The summed E-state index contributed by atoms with van der Waals surface area (Å²) in [5.74, 6) is -1.16. The molecular weight excluding hydrogens is 248 g/mol. The van der Waals surface area contributed by atoms with E-state index >= 15 is 0 Å². The molecule has 6 heteroatoms. The lowest BCUT2D eigenvalue weighted by Gasteiger charge is -2.06. The molecule has 0 aliphatic heterocycles. The Morgan fingerprint density at radius 3 is 2.47 bits per heavy atom. The number of nitrogens with zero attached hydrogens (tertiary/aromatic N) is 2. The van der Waals surface area contributed by atoms with E-state index in [1.165, 1.54) is 0 Å². The molecule has 100 valence electrons. The van der Waals surface area contributed by atoms with Gasteiger partial charge < -0.3 is 14.8 Å². The highest BCUT2D eigenvalue weighted by Gasteiger charge is 2.12. The van der Waals surface area contributed by atoms with Crippen LogP contribution in [0.25, 0.3) is 11.0 Å². The van der Waals surface area contributed by atoms with Gasteiger partial charge in [0, 0.05) is 13.0 Å². The topological polar surface area (TPSA) is 92.4 Å². The second-order valence-electron chi connectivity index (χ2n) is 4.21. The van der Waals surface area contributed by atoms with Crippen LogP contribution in [0.15, 0.2) is 24.3 Å². The van der Waals surface area contributed by atoms with Crippen molar-refractivity contribution in [3.05, 3.63) is 30.1 Å². The van der Waals surface area contributed by atoms with Crippen LogP contribution in [0.2, 0.25) is 0 Å². The molecule has 2 rings (SSSR count). The van der Waals surface area contributed by atoms with Crippen molar-refractivity contribution in [3.8, 4) is 0 Å². The molecule has 0 fully saturated rings. The van der Waals surface area contributed by atoms with E-state index in [4.69, 9.17) is 10.2 Å². The summed E-state index contributed by atoms with van der Waals surface area (Å²) in [5, 5.41) is 17.5. The van der Waals surface area contributed by atoms with Crippen LogP contribution >= 0.6 is 0 Å². The summed E-state index contributed by atoms with van der Waals surface area (Å²) in [4.78, 5) is 25.7. The third-order valence-corrected chi connectivity index (χ3v) is 2.85. The minimum atomic E-state index is -0.892. The van der Waals surface area contributed by atoms with E-state index in [0.717, 1.165) is 11.0 Å². The number of aromatic nitrogens is 2. The minimum absolute atomic E-state index is 0.0135. The number of hydrogen-bond acceptors (Lipinski definition) is 3. The molecule has 0 saturated heterocycles. The Hall–Kier alpha value is -2.37. The normalized spacial score (nSPS) is 10.7. The molecule has 0 spiro atoms. The average molecular weight is 262 g/mol. The molecule has 2 N–H and O–H groups in total. The van der Waals surface area contributed by atoms with Crippen LogP contribution in [0.3, 0.4) is 0 Å². The highest BCUT2D eigenvalue weighted by molar-refractivity contribution is 5.76. The first-order valence-electron chi connectivity index (χ1n) is 5.95. The fraction of sp³-hybridized carbons (Fsp3) is 0.308. The second kappa shape index (κ2) is 5.51. The van der Waals surface area contributed by atoms with Gasteiger partial charge in [-0.1, -0.05) is 12.1 Å². The Bertz CT molecular complexity index is 618. The van der Waals surface area contributed by atoms with Crippen molar-refractivity contribution in [2.24, 2.45) is 0 Å². The van der Waals surface area contributed by atoms with E-state index in [1.807, 2.05) is 24.3 Å². The van der Waals surface area contributed by atoms with Crippen molar-refractivity contribution in [1.82, 2.24) is 9.55 Å². The Kier molecular flexibility index (Phi) is 3.79. The van der Waals surface area contributed by atoms with Gasteiger partial charge in [0.05, 0.1) is 23.9 Å². The van der Waals surface area contributed by atoms with Gasteiger partial charge in [-0.25, -0.2) is 4.98 Å². The summed E-state index contributed by atoms with van der Waals surface area (Å²) in [6, 6.07) is 7.38. The number of para-hydroxylation sites is 2. The molecule has 6 nitrogen and oxygen atoms in total. The second-order valence-corrected chi connectivity index (χ2v) is 4.21. The number of carbonyl (C=O) groups is 2. The van der Waals surface area contributed by atoms with Crippen molar-refractivity contribution in [2.75, 3.05) is 0 Å². The smallest absolute Gasteiger partial charge is 0.305 e. The number of fused-ring (bicyclic) bond motifs is 1. The number of carboxylic acids is 2. The van der Waals surface area contributed by atoms with Gasteiger partial charge in [-0.3, -0.25) is 9.59 Å². The van der Waals surface area contributed by atoms with Gasteiger partial charge in [-0.05, 0) is 12.1 Å². The maximum Gasteiger partial charge on any atom is 0.305 e. The molecule has 0 radical (unpaired) electrons. The summed E-state index contributed by atoms with van der Waals surface area (Å²) in [7, 11) is 0. The fourth-order valence-electron chi connectivity index (χ4n) is 1.99. The van der Waals surface area contributed by atoms with Crippen LogP contribution in [0.4, 0.5) is 0 Å². The Morgan fingerprint density at radius 1 is 1.11 bits per heavy atom. The van der Waals surface area contributed by atoms with Gasteiger partial charge in [0.1, 0.15) is 5.82 Å². The molecule has 0 aliphatic rings. The van der Waals surface area contributed by atoms with E-state index < -0.39 is 11.9 Å². The maximum absolute atomic E-state index is 10.7. The zero-order chi connectivity index (χ0) is 13.8. The van der Waals surface area contributed by atoms with E-state index in [9.17, 15) is 9.59 Å². The highest BCUT2D eigenvalue weighted by atomic mass is 16.4. The lowest BCUT2D eigenvalue weighted by Crippen LogP contribution is -2.09. The van der Waals surface area contributed by atoms with Crippen LogP contribution in [0.1, 0.15) is 18.7 Å². The summed E-state index contributed by atoms with van der Waals surface area (Å²) >= 11 is 0. The first-order chi connectivity index (χ1) is 9.08. The standard InChI is InChI=1S/C13H14N2O4/c16-12(17)6-5-11-14-9-3-1-2-4-10(9)15(11)8-7-13(18)19/h1-4H,5-8H2,(H,16,17)(H,18,19). The maximum atomic E-state index is 10.7. The Balaban J connectivity index is 2.33. The lowest BCUT2D eigenvalue weighted by atomic mass is 10.3. The SMILES string of the molecule is O=C(O)CCc1nc2ccccc2n1CCC(=O)O. The van der Waals surface area contributed by atoms with E-state index in [1.54, 1.807) is 4.57 Å². The largest absolute Gasteiger partial charge is 0.481 e. The molecule has 0 bridgehead atoms. The summed E-state index contributed by atoms with van der Waals surface area (Å²) in [6.07, 6.45) is 0.264. The van der Waals surface area contributed by atoms with E-state index in [2.05, 4.69) is 4.98 Å². The van der Waals surface area contributed by atoms with Crippen LogP contribution < -0.4 is 0 Å². The number of hydrogen-bond donors (Lipinski definition) is 2. The molecule has 0 unspecified atom stereocenters. The zero-order valence-corrected chi connectivity index (χ0v) is 10.2. The molecule has 1 aromatic heterocycles. The molecule has 0 amide bonds. The van der Waals surface area contributed by atoms with Gasteiger partial charge in [0.2, 0.25) is 0 Å². The summed E-state index contributed by atoms with van der Waals surface area (Å²) in [5.41, 5.74) is 1.59. The predicted molar refractivity (Wildman–Crippen MR) is 67.9 cm³/mol. The van der Waals surface area contributed by atoms with Gasteiger partial charge in [0.25, 0.3) is 0 Å². The van der Waals surface area contributed by atoms with E-state index in [-0.39, 0.29) is 12.8 Å². The minimum Gasteiger partial charge on any atom is -0.481 e. The van der Waals surface area contributed by atoms with Crippen molar-refractivity contribution in [1.29, 1.82) is 0 Å². The van der Waals surface area contributed by atoms with E-state index in [0.29, 0.717) is 18.8 Å². The average Bonchev–Trinajstić information content (AvgIpc) is 2.71. The number of imidazole rings is 1. The molecule has 0 atom stereocenters. The Labute approximate surface area is 109 Å². The highest BCUT2D eigenvalue weighted by Crippen LogP contribution is 2.17. The lowest BCUT2D eigenvalue weighted by molar-refractivity contribution is -0.138. The number of aliphatic carboxylic acids is 2. The van der Waals surface area contributed by atoms with Crippen molar-refractivity contribution in [3.63, 3.8) is 0 Å². The molecule has 19 heavy (non-hydrogen) atoms. The molecule has 1 aromatic carbocycles. The predicted octanol–water partition coefficient (Wildman–Crippen LogP) is 1.53. The Morgan fingerprint density at radius 2 is 1.79 bits per heavy atom. The third-order valence-electron chi connectivity index (χ3n) is 2.85. The molecular formula is C13H14N2O4. The summed E-state index contributed by atoms with van der Waals surface area (Å²) in [6.45, 7) is 0.296. The van der Waals surface area contributed by atoms with Gasteiger partial charge >= 0.3 is 11.9 Å². The first-order valence-corrected chi connectivity index (χ1v) is 5.95. The van der Waals surface area contributed by atoms with Crippen LogP contribution in [0.5, 0.6) is 0 Å². The molecule has 2 aromatic rings. The van der Waals surface area contributed by atoms with Gasteiger partial charge in [-0.15, -0.1) is 0 Å². The monoisotopic (exact) mass is 262 g/mol. The fourth-order valence-corrected chi connectivity index (χ4v) is 1.99. The quantitative estimate of drug-likeness (QED) is 0.823. The number of aryl methyl sites for hydroxylation is 2. The molecule has 0 saturated carbocycles. The number of carboxylic acid groups (broad SMARTS) is 2. The molecule has 0 aliphatic carbocycles. The van der Waals surface area contributed by atoms with Crippen molar-refractivity contribution >= 4 is 23.0 Å². The number of rotatable bonds is 6. The third kappa shape index (κ3) is 3.09. The van der Waals surface area contributed by atoms with Gasteiger partial charge in [0.15, 0.2) is 0 Å². The van der Waals surface area contributed by atoms with Crippen LogP contribution in [-0.4, -0.2) is 31.7 Å². The van der Waals surface area contributed by atoms with Crippen molar-refractivity contribution in [2.45, 2.75) is 25.8 Å². The zero-order valence-electron chi connectivity index (χ0n) is 10.2. The van der Waals surface area contributed by atoms with Crippen LogP contribution in [0, 0.1) is 0 Å². The molecule has 1 heterocycles. The summed E-state index contributed by atoms with van der Waals surface area (Å²) < 4.78 is 1.78. The number of benzene rings is 1.